The lowest BCUT2D eigenvalue weighted by atomic mass is 10.4. The highest BCUT2D eigenvalue weighted by Crippen LogP contribution is 1.87. The Morgan fingerprint density at radius 2 is 2.38 bits per heavy atom. The number of rotatable bonds is 1. The summed E-state index contributed by atoms with van der Waals surface area (Å²) in [5, 5.41) is 0. The summed E-state index contributed by atoms with van der Waals surface area (Å²) in [6, 6.07) is 0. The fourth-order valence-corrected chi connectivity index (χ4v) is 0.435. The lowest BCUT2D eigenvalue weighted by Gasteiger charge is -1.87. The van der Waals surface area contributed by atoms with Crippen LogP contribution in [0.1, 0.15) is 5.69 Å². The Morgan fingerprint density at radius 1 is 1.50 bits per heavy atom. The van der Waals surface area contributed by atoms with E-state index in [4.69, 9.17) is 6.92 Å². The first-order chi connectivity index (χ1) is 3.93. The topological polar surface area (TPSA) is 25.8 Å². The van der Waals surface area contributed by atoms with Crippen LogP contribution in [0.4, 0.5) is 0 Å². The third-order valence-corrected chi connectivity index (χ3v) is 0.826. The molecular weight excluding hydrogens is 100 g/mol. The van der Waals surface area contributed by atoms with Crippen LogP contribution in [0.3, 0.4) is 0 Å². The van der Waals surface area contributed by atoms with Gasteiger partial charge in [-0.05, 0) is 13.3 Å². The molecule has 0 aromatic carbocycles. The molecule has 0 fully saturated rings. The molecule has 1 rings (SSSR count). The molecule has 2 radical (unpaired) electrons. The van der Waals surface area contributed by atoms with Crippen molar-refractivity contribution in [2.45, 2.75) is 6.42 Å². The largest absolute Gasteiger partial charge is 0.261 e. The van der Waals surface area contributed by atoms with Crippen LogP contribution < -0.4 is 0 Å². The van der Waals surface area contributed by atoms with Crippen molar-refractivity contribution in [1.29, 1.82) is 0 Å². The zero-order valence-corrected chi connectivity index (χ0v) is 4.41. The minimum atomic E-state index is 0.466. The van der Waals surface area contributed by atoms with Crippen LogP contribution in [-0.2, 0) is 6.42 Å². The summed E-state index contributed by atoms with van der Waals surface area (Å²) in [4.78, 5) is 7.72. The standard InChI is InChI=1S/C6H6N2/c1-2-6-5-7-3-4-8-6/h1,3-5H,2H2. The maximum Gasteiger partial charge on any atom is 0.0589 e. The number of hydrogen-bond donors (Lipinski definition) is 0. The van der Waals surface area contributed by atoms with E-state index in [1.165, 1.54) is 0 Å². The number of aromatic nitrogens is 2. The van der Waals surface area contributed by atoms with Gasteiger partial charge in [-0.2, -0.15) is 0 Å². The maximum atomic E-state index is 5.25. The summed E-state index contributed by atoms with van der Waals surface area (Å²) in [7, 11) is 0. The molecule has 0 aliphatic rings. The minimum absolute atomic E-state index is 0.466. The third kappa shape index (κ3) is 1.03. The smallest absolute Gasteiger partial charge is 0.0589 e. The molecule has 0 N–H and O–H groups in total. The Balaban J connectivity index is 2.83. The van der Waals surface area contributed by atoms with Crippen LogP contribution in [0, 0.1) is 6.92 Å². The van der Waals surface area contributed by atoms with Crippen molar-refractivity contribution in [2.75, 3.05) is 0 Å². The molecule has 2 heteroatoms. The predicted molar refractivity (Wildman–Crippen MR) is 30.0 cm³/mol. The van der Waals surface area contributed by atoms with Crippen LogP contribution in [0.15, 0.2) is 18.6 Å². The van der Waals surface area contributed by atoms with Gasteiger partial charge in [-0.1, -0.05) is 0 Å². The van der Waals surface area contributed by atoms with Gasteiger partial charge in [-0.15, -0.1) is 0 Å². The SMILES string of the molecule is [CH]Cc1cnccn1. The molecule has 1 aromatic rings. The summed E-state index contributed by atoms with van der Waals surface area (Å²) in [5.74, 6) is 0. The number of nitrogens with zero attached hydrogens (tertiary/aromatic N) is 2. The zero-order chi connectivity index (χ0) is 5.82. The Hall–Kier alpha value is -0.920. The van der Waals surface area contributed by atoms with Crippen molar-refractivity contribution in [2.24, 2.45) is 0 Å². The van der Waals surface area contributed by atoms with Gasteiger partial charge in [-0.3, -0.25) is 9.97 Å². The fraction of sp³-hybridized carbons (Fsp3) is 0.167. The van der Waals surface area contributed by atoms with Gasteiger partial charge in [0.15, 0.2) is 0 Å². The van der Waals surface area contributed by atoms with E-state index in [0.717, 1.165) is 5.69 Å². The van der Waals surface area contributed by atoms with Crippen LogP contribution in [-0.4, -0.2) is 9.97 Å². The van der Waals surface area contributed by atoms with Gasteiger partial charge in [0.2, 0.25) is 0 Å². The predicted octanol–water partition coefficient (Wildman–Crippen LogP) is 0.730. The van der Waals surface area contributed by atoms with Gasteiger partial charge in [0, 0.05) is 18.6 Å². The molecular formula is C6H6N2. The maximum absolute atomic E-state index is 5.25. The highest BCUT2D eigenvalue weighted by molar-refractivity contribution is 4.94. The molecule has 0 unspecified atom stereocenters. The molecule has 0 saturated carbocycles. The van der Waals surface area contributed by atoms with Crippen molar-refractivity contribution < 1.29 is 0 Å². The van der Waals surface area contributed by atoms with E-state index in [0.29, 0.717) is 6.42 Å². The van der Waals surface area contributed by atoms with Crippen molar-refractivity contribution in [1.82, 2.24) is 9.97 Å². The zero-order valence-electron chi connectivity index (χ0n) is 4.41. The first kappa shape index (κ1) is 5.22. The quantitative estimate of drug-likeness (QED) is 0.527. The van der Waals surface area contributed by atoms with E-state index in [1.54, 1.807) is 18.6 Å². The van der Waals surface area contributed by atoms with Crippen molar-refractivity contribution >= 4 is 0 Å². The molecule has 8 heavy (non-hydrogen) atoms. The van der Waals surface area contributed by atoms with E-state index in [-0.39, 0.29) is 0 Å². The van der Waals surface area contributed by atoms with Gasteiger partial charge in [0.25, 0.3) is 0 Å². The molecule has 2 nitrogen and oxygen atoms in total. The Kier molecular flexibility index (Phi) is 1.57. The van der Waals surface area contributed by atoms with Crippen molar-refractivity contribution in [3.8, 4) is 0 Å². The van der Waals surface area contributed by atoms with E-state index in [2.05, 4.69) is 9.97 Å². The average molecular weight is 106 g/mol. The molecule has 1 aromatic heterocycles. The van der Waals surface area contributed by atoms with Gasteiger partial charge < -0.3 is 0 Å². The Bertz CT molecular complexity index is 148. The summed E-state index contributed by atoms with van der Waals surface area (Å²) >= 11 is 0. The monoisotopic (exact) mass is 106 g/mol. The summed E-state index contributed by atoms with van der Waals surface area (Å²) in [5.41, 5.74) is 0.826. The summed E-state index contributed by atoms with van der Waals surface area (Å²) < 4.78 is 0. The van der Waals surface area contributed by atoms with E-state index in [9.17, 15) is 0 Å². The summed E-state index contributed by atoms with van der Waals surface area (Å²) in [6.07, 6.45) is 5.37. The van der Waals surface area contributed by atoms with Crippen molar-refractivity contribution in [3.05, 3.63) is 31.2 Å². The number of hydrogen-bond acceptors (Lipinski definition) is 2. The van der Waals surface area contributed by atoms with Gasteiger partial charge in [0.1, 0.15) is 0 Å². The van der Waals surface area contributed by atoms with Crippen LogP contribution in [0.5, 0.6) is 0 Å². The van der Waals surface area contributed by atoms with Gasteiger partial charge >= 0.3 is 0 Å². The third-order valence-electron chi connectivity index (χ3n) is 0.826. The molecule has 0 spiro atoms. The second-order valence-electron chi connectivity index (χ2n) is 1.40. The molecule has 0 atom stereocenters. The van der Waals surface area contributed by atoms with Gasteiger partial charge in [-0.25, -0.2) is 0 Å². The first-order valence-electron chi connectivity index (χ1n) is 2.38. The Morgan fingerprint density at radius 3 is 2.75 bits per heavy atom. The second-order valence-corrected chi connectivity index (χ2v) is 1.40. The van der Waals surface area contributed by atoms with Crippen LogP contribution in [0.2, 0.25) is 0 Å². The van der Waals surface area contributed by atoms with Crippen LogP contribution in [0.25, 0.3) is 0 Å². The molecule has 0 saturated heterocycles. The normalized spacial score (nSPS) is 9.12. The second kappa shape index (κ2) is 2.40. The lowest BCUT2D eigenvalue weighted by molar-refractivity contribution is 1.05. The van der Waals surface area contributed by atoms with Crippen molar-refractivity contribution in [3.63, 3.8) is 0 Å². The van der Waals surface area contributed by atoms with E-state index < -0.39 is 0 Å². The highest BCUT2D eigenvalue weighted by atomic mass is 14.8. The molecule has 0 aliphatic carbocycles. The molecule has 40 valence electrons. The Labute approximate surface area is 48.6 Å². The minimum Gasteiger partial charge on any atom is -0.261 e. The molecule has 0 aliphatic heterocycles. The van der Waals surface area contributed by atoms with E-state index in [1.807, 2.05) is 0 Å². The van der Waals surface area contributed by atoms with Crippen LogP contribution >= 0.6 is 0 Å². The molecule has 0 bridgehead atoms. The molecule has 0 amide bonds. The fourth-order valence-electron chi connectivity index (χ4n) is 0.435. The summed E-state index contributed by atoms with van der Waals surface area (Å²) in [6.45, 7) is 5.25. The van der Waals surface area contributed by atoms with Gasteiger partial charge in [0.05, 0.1) is 5.69 Å². The average Bonchev–Trinajstić information content (AvgIpc) is 1.90. The highest BCUT2D eigenvalue weighted by Gasteiger charge is 1.83. The van der Waals surface area contributed by atoms with E-state index >= 15 is 0 Å². The molecule has 1 heterocycles. The lowest BCUT2D eigenvalue weighted by Crippen LogP contribution is -1.84. The first-order valence-corrected chi connectivity index (χ1v) is 2.38.